The molecule has 1 aliphatic rings. The molecule has 3 heterocycles. The molecule has 1 saturated heterocycles. The first kappa shape index (κ1) is 16.1. The lowest BCUT2D eigenvalue weighted by molar-refractivity contribution is 0.212. The number of likely N-dealkylation sites (tertiary alicyclic amines) is 1. The van der Waals surface area contributed by atoms with Crippen molar-refractivity contribution < 1.29 is 0 Å². The second kappa shape index (κ2) is 7.70. The molecule has 0 unspecified atom stereocenters. The minimum atomic E-state index is 0.488. The Balaban J connectivity index is 1.47. The molecule has 3 rings (SSSR count). The second-order valence-electron chi connectivity index (χ2n) is 5.96. The molecule has 0 bridgehead atoms. The highest BCUT2D eigenvalue weighted by Crippen LogP contribution is 2.19. The molecule has 0 spiro atoms. The number of aromatic nitrogens is 3. The van der Waals surface area contributed by atoms with Crippen LogP contribution < -0.4 is 4.90 Å². The summed E-state index contributed by atoms with van der Waals surface area (Å²) in [5.74, 6) is 0.751. The van der Waals surface area contributed by atoms with Gasteiger partial charge in [-0.25, -0.2) is 9.97 Å². The molecule has 5 nitrogen and oxygen atoms in total. The van der Waals surface area contributed by atoms with Gasteiger partial charge in [0.15, 0.2) is 0 Å². The Morgan fingerprint density at radius 3 is 2.57 bits per heavy atom. The molecule has 0 amide bonds. The van der Waals surface area contributed by atoms with Crippen LogP contribution in [0.5, 0.6) is 0 Å². The van der Waals surface area contributed by atoms with Crippen LogP contribution in [0.2, 0.25) is 5.02 Å². The Kier molecular flexibility index (Phi) is 5.41. The summed E-state index contributed by atoms with van der Waals surface area (Å²) < 4.78 is 0. The first-order valence-electron chi connectivity index (χ1n) is 8.05. The fourth-order valence-corrected chi connectivity index (χ4v) is 3.10. The van der Waals surface area contributed by atoms with Crippen LogP contribution in [0.3, 0.4) is 0 Å². The summed E-state index contributed by atoms with van der Waals surface area (Å²) in [5.41, 5.74) is 1.17. The number of hydrogen-bond donors (Lipinski definition) is 0. The molecule has 0 aromatic carbocycles. The number of pyridine rings is 1. The molecule has 1 aliphatic heterocycles. The molecular formula is C17H22ClN5. The molecule has 0 atom stereocenters. The van der Waals surface area contributed by atoms with Crippen molar-refractivity contribution in [2.45, 2.75) is 25.3 Å². The van der Waals surface area contributed by atoms with Gasteiger partial charge in [0.25, 0.3) is 0 Å². The third-order valence-electron chi connectivity index (χ3n) is 4.44. The van der Waals surface area contributed by atoms with E-state index in [0.29, 0.717) is 11.1 Å². The highest BCUT2D eigenvalue weighted by Gasteiger charge is 2.23. The van der Waals surface area contributed by atoms with Crippen LogP contribution in [0.15, 0.2) is 36.8 Å². The maximum Gasteiger partial charge on any atom is 0.225 e. The topological polar surface area (TPSA) is 45.2 Å². The summed E-state index contributed by atoms with van der Waals surface area (Å²) in [6, 6.07) is 6.60. The van der Waals surface area contributed by atoms with Gasteiger partial charge in [-0.05, 0) is 25.0 Å². The van der Waals surface area contributed by atoms with Gasteiger partial charge in [-0.2, -0.15) is 0 Å². The van der Waals surface area contributed by atoms with Crippen molar-refractivity contribution in [2.75, 3.05) is 31.6 Å². The minimum absolute atomic E-state index is 0.488. The summed E-state index contributed by atoms with van der Waals surface area (Å²) in [6.07, 6.45) is 8.45. The fourth-order valence-electron chi connectivity index (χ4n) is 3.00. The van der Waals surface area contributed by atoms with E-state index in [2.05, 4.69) is 43.9 Å². The number of halogens is 1. The van der Waals surface area contributed by atoms with Gasteiger partial charge in [-0.15, -0.1) is 0 Å². The van der Waals surface area contributed by atoms with Crippen molar-refractivity contribution in [3.05, 3.63) is 47.5 Å². The predicted molar refractivity (Wildman–Crippen MR) is 92.8 cm³/mol. The van der Waals surface area contributed by atoms with Gasteiger partial charge in [0.05, 0.1) is 17.4 Å². The van der Waals surface area contributed by atoms with E-state index in [1.165, 1.54) is 5.69 Å². The highest BCUT2D eigenvalue weighted by atomic mass is 35.5. The molecule has 0 saturated carbocycles. The number of piperidine rings is 1. The van der Waals surface area contributed by atoms with Crippen molar-refractivity contribution >= 4 is 17.5 Å². The molecule has 2 aromatic rings. The first-order chi connectivity index (χ1) is 11.2. The van der Waals surface area contributed by atoms with E-state index in [1.807, 2.05) is 12.3 Å². The maximum absolute atomic E-state index is 5.85. The van der Waals surface area contributed by atoms with E-state index >= 15 is 0 Å². The van der Waals surface area contributed by atoms with E-state index in [9.17, 15) is 0 Å². The summed E-state index contributed by atoms with van der Waals surface area (Å²) >= 11 is 5.85. The fraction of sp³-hybridized carbons (Fsp3) is 0.471. The summed E-state index contributed by atoms with van der Waals surface area (Å²) in [5, 5.41) is 0.575. The second-order valence-corrected chi connectivity index (χ2v) is 6.39. The zero-order chi connectivity index (χ0) is 16.1. The van der Waals surface area contributed by atoms with E-state index in [-0.39, 0.29) is 0 Å². The Bertz CT molecular complexity index is 596. The summed E-state index contributed by atoms with van der Waals surface area (Å²) in [4.78, 5) is 17.7. The van der Waals surface area contributed by atoms with Gasteiger partial charge in [0.2, 0.25) is 5.95 Å². The number of rotatable bonds is 5. The van der Waals surface area contributed by atoms with Crippen LogP contribution in [0.25, 0.3) is 0 Å². The third-order valence-corrected chi connectivity index (χ3v) is 4.63. The first-order valence-corrected chi connectivity index (χ1v) is 8.43. The van der Waals surface area contributed by atoms with Crippen LogP contribution >= 0.6 is 11.6 Å². The largest absolute Gasteiger partial charge is 0.341 e. The number of nitrogens with zero attached hydrogens (tertiary/aromatic N) is 5. The van der Waals surface area contributed by atoms with Gasteiger partial charge in [0.1, 0.15) is 0 Å². The lowest BCUT2D eigenvalue weighted by atomic mass is 10.0. The minimum Gasteiger partial charge on any atom is -0.341 e. The number of hydrogen-bond acceptors (Lipinski definition) is 5. The zero-order valence-electron chi connectivity index (χ0n) is 13.4. The lowest BCUT2D eigenvalue weighted by Crippen LogP contribution is -2.44. The molecule has 23 heavy (non-hydrogen) atoms. The van der Waals surface area contributed by atoms with Gasteiger partial charge in [-0.3, -0.25) is 4.98 Å². The SMILES string of the molecule is CN(c1ncc(Cl)cn1)C1CCN(CCc2ccccn2)CC1. The van der Waals surface area contributed by atoms with Crippen LogP contribution in [-0.4, -0.2) is 52.6 Å². The normalized spacial score (nSPS) is 16.4. The Morgan fingerprint density at radius 2 is 1.91 bits per heavy atom. The smallest absolute Gasteiger partial charge is 0.225 e. The van der Waals surface area contributed by atoms with E-state index < -0.39 is 0 Å². The van der Waals surface area contributed by atoms with Crippen LogP contribution in [0, 0.1) is 0 Å². The quantitative estimate of drug-likeness (QED) is 0.843. The van der Waals surface area contributed by atoms with Crippen molar-refractivity contribution in [1.82, 2.24) is 19.9 Å². The predicted octanol–water partition coefficient (Wildman–Crippen LogP) is 2.67. The van der Waals surface area contributed by atoms with E-state index in [4.69, 9.17) is 11.6 Å². The third kappa shape index (κ3) is 4.39. The van der Waals surface area contributed by atoms with Crippen molar-refractivity contribution in [3.63, 3.8) is 0 Å². The molecule has 2 aromatic heterocycles. The Hall–Kier alpha value is -1.72. The van der Waals surface area contributed by atoms with Crippen LogP contribution in [0.4, 0.5) is 5.95 Å². The monoisotopic (exact) mass is 331 g/mol. The molecule has 1 fully saturated rings. The summed E-state index contributed by atoms with van der Waals surface area (Å²) in [6.45, 7) is 3.29. The molecule has 0 N–H and O–H groups in total. The molecule has 0 radical (unpaired) electrons. The van der Waals surface area contributed by atoms with Crippen LogP contribution in [-0.2, 0) is 6.42 Å². The summed E-state index contributed by atoms with van der Waals surface area (Å²) in [7, 11) is 2.07. The molecular weight excluding hydrogens is 310 g/mol. The van der Waals surface area contributed by atoms with Gasteiger partial charge >= 0.3 is 0 Å². The number of anilines is 1. The standard InChI is InChI=1S/C17H22ClN5/c1-22(17-20-12-14(18)13-21-17)16-6-10-23(11-7-16)9-5-15-4-2-3-8-19-15/h2-4,8,12-13,16H,5-7,9-11H2,1H3. The lowest BCUT2D eigenvalue weighted by Gasteiger charge is -2.36. The van der Waals surface area contributed by atoms with Gasteiger partial charge < -0.3 is 9.80 Å². The van der Waals surface area contributed by atoms with E-state index in [0.717, 1.165) is 44.8 Å². The van der Waals surface area contributed by atoms with E-state index in [1.54, 1.807) is 12.4 Å². The molecule has 6 heteroatoms. The molecule has 122 valence electrons. The van der Waals surface area contributed by atoms with Gasteiger partial charge in [-0.1, -0.05) is 17.7 Å². The van der Waals surface area contributed by atoms with Gasteiger partial charge in [0, 0.05) is 51.0 Å². The maximum atomic E-state index is 5.85. The molecule has 0 aliphatic carbocycles. The van der Waals surface area contributed by atoms with Crippen molar-refractivity contribution in [2.24, 2.45) is 0 Å². The van der Waals surface area contributed by atoms with Crippen LogP contribution in [0.1, 0.15) is 18.5 Å². The average molecular weight is 332 g/mol. The highest BCUT2D eigenvalue weighted by molar-refractivity contribution is 6.30. The van der Waals surface area contributed by atoms with Crippen molar-refractivity contribution in [3.8, 4) is 0 Å². The zero-order valence-corrected chi connectivity index (χ0v) is 14.2. The Morgan fingerprint density at radius 1 is 1.17 bits per heavy atom. The average Bonchev–Trinajstić information content (AvgIpc) is 2.61. The van der Waals surface area contributed by atoms with Crippen molar-refractivity contribution in [1.29, 1.82) is 0 Å². The Labute approximate surface area is 142 Å².